The molecule has 1 heterocycles. The highest BCUT2D eigenvalue weighted by Crippen LogP contribution is 2.18. The van der Waals surface area contributed by atoms with Gasteiger partial charge in [-0.1, -0.05) is 12.1 Å². The number of rotatable bonds is 7. The van der Waals surface area contributed by atoms with Gasteiger partial charge in [-0.05, 0) is 25.5 Å². The molecule has 0 radical (unpaired) electrons. The van der Waals surface area contributed by atoms with Crippen LogP contribution in [0.1, 0.15) is 25.6 Å². The Bertz CT molecular complexity index is 630. The summed E-state index contributed by atoms with van der Waals surface area (Å²) in [5.41, 5.74) is 1.93. The van der Waals surface area contributed by atoms with E-state index in [9.17, 15) is 13.2 Å². The van der Waals surface area contributed by atoms with Crippen LogP contribution < -0.4 is 10.6 Å². The molecule has 0 saturated carbocycles. The average Bonchev–Trinajstić information content (AvgIpc) is 2.93. The number of halogens is 3. The third kappa shape index (κ3) is 6.10. The fourth-order valence-electron chi connectivity index (χ4n) is 2.23. The van der Waals surface area contributed by atoms with E-state index in [0.717, 1.165) is 29.7 Å². The Morgan fingerprint density at radius 1 is 1.25 bits per heavy atom. The zero-order chi connectivity index (χ0) is 17.4. The summed E-state index contributed by atoms with van der Waals surface area (Å²) < 4.78 is 36.5. The number of para-hydroxylation sites is 2. The van der Waals surface area contributed by atoms with E-state index >= 15 is 0 Å². The first-order chi connectivity index (χ1) is 11.5. The van der Waals surface area contributed by atoms with Crippen molar-refractivity contribution in [3.05, 3.63) is 30.1 Å². The predicted molar refractivity (Wildman–Crippen MR) is 89.1 cm³/mol. The number of hydrogen-bond donors (Lipinski definition) is 3. The lowest BCUT2D eigenvalue weighted by molar-refractivity contribution is -0.132. The lowest BCUT2D eigenvalue weighted by Gasteiger charge is -2.12. The second-order valence-corrected chi connectivity index (χ2v) is 5.36. The Hall–Kier alpha value is -2.25. The second kappa shape index (κ2) is 8.56. The largest absolute Gasteiger partial charge is 0.390 e. The number of aromatic amines is 1. The van der Waals surface area contributed by atoms with Crippen LogP contribution in [-0.4, -0.2) is 41.7 Å². The van der Waals surface area contributed by atoms with Crippen LogP contribution in [0, 0.1) is 0 Å². The number of benzene rings is 1. The number of aryl methyl sites for hydroxylation is 1. The van der Waals surface area contributed by atoms with Gasteiger partial charge in [0.05, 0.1) is 17.5 Å². The minimum Gasteiger partial charge on any atom is -0.357 e. The van der Waals surface area contributed by atoms with Crippen molar-refractivity contribution in [3.8, 4) is 0 Å². The maximum Gasteiger partial charge on any atom is 0.390 e. The Balaban J connectivity index is 1.78. The number of alkyl halides is 3. The van der Waals surface area contributed by atoms with E-state index in [1.165, 1.54) is 0 Å². The van der Waals surface area contributed by atoms with Crippen LogP contribution in [-0.2, 0) is 6.42 Å². The highest BCUT2D eigenvalue weighted by atomic mass is 19.4. The Morgan fingerprint density at radius 3 is 2.75 bits per heavy atom. The molecule has 1 aromatic carbocycles. The van der Waals surface area contributed by atoms with Crippen LogP contribution in [0.2, 0.25) is 0 Å². The molecule has 0 unspecified atom stereocenters. The average molecular weight is 341 g/mol. The number of guanidine groups is 1. The quantitative estimate of drug-likeness (QED) is 0.412. The number of nitrogens with one attached hydrogen (secondary N) is 3. The summed E-state index contributed by atoms with van der Waals surface area (Å²) in [6, 6.07) is 7.80. The van der Waals surface area contributed by atoms with Crippen molar-refractivity contribution < 1.29 is 13.2 Å². The molecule has 5 nitrogen and oxygen atoms in total. The van der Waals surface area contributed by atoms with Gasteiger partial charge in [-0.2, -0.15) is 13.2 Å². The summed E-state index contributed by atoms with van der Waals surface area (Å²) in [6.45, 7) is 2.80. The molecule has 24 heavy (non-hydrogen) atoms. The molecule has 8 heteroatoms. The summed E-state index contributed by atoms with van der Waals surface area (Å²) >= 11 is 0. The summed E-state index contributed by atoms with van der Waals surface area (Å²) in [7, 11) is 0. The van der Waals surface area contributed by atoms with E-state index in [4.69, 9.17) is 0 Å². The minimum atomic E-state index is -4.16. The number of fused-ring (bicyclic) bond motifs is 1. The summed E-state index contributed by atoms with van der Waals surface area (Å²) in [6.07, 6.45) is -3.54. The molecule has 0 fully saturated rings. The van der Waals surface area contributed by atoms with Crippen molar-refractivity contribution in [2.24, 2.45) is 4.99 Å². The monoisotopic (exact) mass is 341 g/mol. The molecule has 0 saturated heterocycles. The maximum atomic E-state index is 12.2. The van der Waals surface area contributed by atoms with Gasteiger partial charge in [-0.15, -0.1) is 0 Å². The van der Waals surface area contributed by atoms with Crippen molar-refractivity contribution in [1.82, 2.24) is 20.6 Å². The number of hydrogen-bond acceptors (Lipinski definition) is 2. The fourth-order valence-corrected chi connectivity index (χ4v) is 2.23. The predicted octanol–water partition coefficient (Wildman–Crippen LogP) is 3.00. The molecule has 2 aromatic rings. The molecule has 132 valence electrons. The molecule has 0 atom stereocenters. The van der Waals surface area contributed by atoms with E-state index in [2.05, 4.69) is 25.6 Å². The Kier molecular flexibility index (Phi) is 6.45. The number of H-pyrrole nitrogens is 1. The number of aromatic nitrogens is 2. The van der Waals surface area contributed by atoms with Crippen molar-refractivity contribution in [2.45, 2.75) is 32.4 Å². The molecule has 0 bridgehead atoms. The molecule has 0 aliphatic heterocycles. The smallest absolute Gasteiger partial charge is 0.357 e. The van der Waals surface area contributed by atoms with Gasteiger partial charge in [0.2, 0.25) is 0 Å². The van der Waals surface area contributed by atoms with Gasteiger partial charge >= 0.3 is 6.18 Å². The lowest BCUT2D eigenvalue weighted by Crippen LogP contribution is -2.39. The summed E-state index contributed by atoms with van der Waals surface area (Å²) in [4.78, 5) is 12.0. The third-order valence-corrected chi connectivity index (χ3v) is 3.33. The van der Waals surface area contributed by atoms with Gasteiger partial charge in [0.15, 0.2) is 5.96 Å². The van der Waals surface area contributed by atoms with Gasteiger partial charge in [-0.3, -0.25) is 4.99 Å². The summed E-state index contributed by atoms with van der Waals surface area (Å²) in [5.74, 6) is 1.30. The number of imidazole rings is 1. The normalized spacial score (nSPS) is 12.6. The number of nitrogens with zero attached hydrogens (tertiary/aromatic N) is 2. The first-order valence-electron chi connectivity index (χ1n) is 8.00. The fraction of sp³-hybridized carbons (Fsp3) is 0.500. The van der Waals surface area contributed by atoms with Crippen LogP contribution in [0.5, 0.6) is 0 Å². The van der Waals surface area contributed by atoms with Crippen molar-refractivity contribution in [2.75, 3.05) is 19.6 Å². The van der Waals surface area contributed by atoms with Gasteiger partial charge in [0, 0.05) is 26.1 Å². The van der Waals surface area contributed by atoms with E-state index in [1.54, 1.807) is 0 Å². The Morgan fingerprint density at radius 2 is 2.04 bits per heavy atom. The molecular formula is C16H22F3N5. The molecule has 0 amide bonds. The van der Waals surface area contributed by atoms with E-state index in [0.29, 0.717) is 19.0 Å². The van der Waals surface area contributed by atoms with Gasteiger partial charge in [-0.25, -0.2) is 4.98 Å². The summed E-state index contributed by atoms with van der Waals surface area (Å²) in [5, 5.41) is 5.63. The Labute approximate surface area is 138 Å². The lowest BCUT2D eigenvalue weighted by atomic mass is 10.3. The topological polar surface area (TPSA) is 65.1 Å². The van der Waals surface area contributed by atoms with Crippen molar-refractivity contribution in [3.63, 3.8) is 0 Å². The third-order valence-electron chi connectivity index (χ3n) is 3.33. The van der Waals surface area contributed by atoms with Crippen LogP contribution in [0.3, 0.4) is 0 Å². The highest BCUT2D eigenvalue weighted by Gasteiger charge is 2.26. The van der Waals surface area contributed by atoms with E-state index < -0.39 is 12.6 Å². The zero-order valence-electron chi connectivity index (χ0n) is 13.6. The zero-order valence-corrected chi connectivity index (χ0v) is 13.6. The molecule has 3 N–H and O–H groups in total. The SMILES string of the molecule is CCNC(=NCCCc1nc2ccccc2[nH]1)NCCC(F)(F)F. The standard InChI is InChI=1S/C16H22F3N5/c1-2-20-15(22-11-9-16(17,18)19)21-10-5-8-14-23-12-6-3-4-7-13(12)24-14/h3-4,6-7H,2,5,8-11H2,1H3,(H,23,24)(H2,20,21,22). The van der Waals surface area contributed by atoms with E-state index in [1.807, 2.05) is 31.2 Å². The van der Waals surface area contributed by atoms with Gasteiger partial charge < -0.3 is 15.6 Å². The van der Waals surface area contributed by atoms with Crippen LogP contribution in [0.15, 0.2) is 29.3 Å². The minimum absolute atomic E-state index is 0.182. The maximum absolute atomic E-state index is 12.2. The molecular weight excluding hydrogens is 319 g/mol. The first-order valence-corrected chi connectivity index (χ1v) is 8.00. The van der Waals surface area contributed by atoms with Crippen molar-refractivity contribution in [1.29, 1.82) is 0 Å². The second-order valence-electron chi connectivity index (χ2n) is 5.36. The molecule has 1 aromatic heterocycles. The van der Waals surface area contributed by atoms with Crippen LogP contribution >= 0.6 is 0 Å². The molecule has 0 aliphatic rings. The molecule has 0 spiro atoms. The number of aliphatic imine (C=N–C) groups is 1. The van der Waals surface area contributed by atoms with Gasteiger partial charge in [0.1, 0.15) is 5.82 Å². The van der Waals surface area contributed by atoms with Crippen molar-refractivity contribution >= 4 is 17.0 Å². The van der Waals surface area contributed by atoms with E-state index in [-0.39, 0.29) is 6.54 Å². The molecule has 0 aliphatic carbocycles. The van der Waals surface area contributed by atoms with Crippen LogP contribution in [0.25, 0.3) is 11.0 Å². The van der Waals surface area contributed by atoms with Gasteiger partial charge in [0.25, 0.3) is 0 Å². The molecule has 2 rings (SSSR count). The van der Waals surface area contributed by atoms with Crippen LogP contribution in [0.4, 0.5) is 13.2 Å². The highest BCUT2D eigenvalue weighted by molar-refractivity contribution is 5.79. The first kappa shape index (κ1) is 18.1.